The number of H-pyrrole nitrogens is 1. The average Bonchev–Trinajstić information content (AvgIpc) is 2.71. The van der Waals surface area contributed by atoms with Crippen LogP contribution in [0.15, 0.2) is 23.4 Å². The normalized spacial score (nSPS) is 13.7. The Morgan fingerprint density at radius 3 is 2.82 bits per heavy atom. The molecule has 0 aliphatic carbocycles. The van der Waals surface area contributed by atoms with Gasteiger partial charge < -0.3 is 9.72 Å². The van der Waals surface area contributed by atoms with Crippen LogP contribution in [0.25, 0.3) is 10.9 Å². The smallest absolute Gasteiger partial charge is 0.412 e. The first-order valence-corrected chi connectivity index (χ1v) is 6.82. The Morgan fingerprint density at radius 2 is 2.09 bits per heavy atom. The summed E-state index contributed by atoms with van der Waals surface area (Å²) in [7, 11) is 0. The second-order valence-corrected chi connectivity index (χ2v) is 6.02. The molecule has 7 nitrogen and oxygen atoms in total. The van der Waals surface area contributed by atoms with Gasteiger partial charge in [0.15, 0.2) is 0 Å². The van der Waals surface area contributed by atoms with E-state index in [0.29, 0.717) is 11.3 Å². The van der Waals surface area contributed by atoms with Gasteiger partial charge in [-0.2, -0.15) is 5.10 Å². The Morgan fingerprint density at radius 1 is 1.32 bits per heavy atom. The zero-order valence-electron chi connectivity index (χ0n) is 12.5. The third-order valence-electron chi connectivity index (χ3n) is 3.07. The third kappa shape index (κ3) is 2.65. The molecule has 0 atom stereocenters. The van der Waals surface area contributed by atoms with Crippen LogP contribution in [0.4, 0.5) is 10.5 Å². The Kier molecular flexibility index (Phi) is 3.13. The van der Waals surface area contributed by atoms with E-state index < -0.39 is 11.7 Å². The van der Waals surface area contributed by atoms with Crippen molar-refractivity contribution in [3.63, 3.8) is 0 Å². The van der Waals surface area contributed by atoms with Gasteiger partial charge in [-0.1, -0.05) is 0 Å². The van der Waals surface area contributed by atoms with Crippen molar-refractivity contribution in [3.05, 3.63) is 29.5 Å². The standard InChI is InChI=1S/C15H16N4O3/c1-15(2,3)22-14(21)18-9-4-10-12-8(6-16-11(12)5-9)7-17-19-13(10)20/h4-7,16H,1-3H3,(H,18,21)(H,19,20). The number of rotatable bonds is 1. The van der Waals surface area contributed by atoms with Crippen LogP contribution in [0, 0.1) is 0 Å². The minimum absolute atomic E-state index is 0.326. The van der Waals surface area contributed by atoms with Crippen LogP contribution in [0.1, 0.15) is 36.7 Å². The molecule has 1 aromatic carbocycles. The molecule has 0 saturated carbocycles. The molecule has 0 radical (unpaired) electrons. The number of nitrogens with one attached hydrogen (secondary N) is 3. The molecule has 1 aromatic heterocycles. The van der Waals surface area contributed by atoms with Crippen LogP contribution in [-0.4, -0.2) is 28.8 Å². The maximum Gasteiger partial charge on any atom is 0.412 e. The Hall–Kier alpha value is -2.83. The van der Waals surface area contributed by atoms with E-state index in [0.717, 1.165) is 16.5 Å². The highest BCUT2D eigenvalue weighted by molar-refractivity contribution is 6.15. The van der Waals surface area contributed by atoms with Crippen LogP contribution in [0.2, 0.25) is 0 Å². The van der Waals surface area contributed by atoms with Crippen LogP contribution in [0.5, 0.6) is 0 Å². The van der Waals surface area contributed by atoms with Crippen LogP contribution in [-0.2, 0) is 4.74 Å². The van der Waals surface area contributed by atoms with Crippen LogP contribution < -0.4 is 10.7 Å². The van der Waals surface area contributed by atoms with Crippen LogP contribution in [0.3, 0.4) is 0 Å². The SMILES string of the molecule is CC(C)(C)OC(=O)Nc1cc2c3c(c[nH]c3c1)C=NNC2=O. The molecule has 7 heteroatoms. The van der Waals surface area contributed by atoms with E-state index in [4.69, 9.17) is 4.74 Å². The molecule has 3 N–H and O–H groups in total. The van der Waals surface area contributed by atoms with E-state index in [9.17, 15) is 9.59 Å². The molecular formula is C15H16N4O3. The summed E-state index contributed by atoms with van der Waals surface area (Å²) in [6, 6.07) is 3.35. The predicted octanol–water partition coefficient (Wildman–Crippen LogP) is 2.59. The number of aromatic nitrogens is 1. The van der Waals surface area contributed by atoms with E-state index in [1.165, 1.54) is 0 Å². The Labute approximate surface area is 126 Å². The lowest BCUT2D eigenvalue weighted by molar-refractivity contribution is 0.0635. The number of carbonyl (C=O) groups excluding carboxylic acids is 2. The van der Waals surface area contributed by atoms with Crippen molar-refractivity contribution < 1.29 is 14.3 Å². The highest BCUT2D eigenvalue weighted by atomic mass is 16.6. The summed E-state index contributed by atoms with van der Waals surface area (Å²) in [6.45, 7) is 5.35. The summed E-state index contributed by atoms with van der Waals surface area (Å²) in [5.41, 5.74) is 4.30. The van der Waals surface area contributed by atoms with Crippen LogP contribution >= 0.6 is 0 Å². The van der Waals surface area contributed by atoms with E-state index in [2.05, 4.69) is 20.8 Å². The molecule has 2 aromatic rings. The van der Waals surface area contributed by atoms with Gasteiger partial charge in [-0.3, -0.25) is 10.1 Å². The molecule has 0 fully saturated rings. The summed E-state index contributed by atoms with van der Waals surface area (Å²) in [5.74, 6) is -0.326. The molecular weight excluding hydrogens is 284 g/mol. The summed E-state index contributed by atoms with van der Waals surface area (Å²) in [5, 5.41) is 7.26. The number of benzene rings is 1. The van der Waals surface area contributed by atoms with Crippen molar-refractivity contribution >= 4 is 34.8 Å². The van der Waals surface area contributed by atoms with E-state index in [-0.39, 0.29) is 5.91 Å². The van der Waals surface area contributed by atoms with Gasteiger partial charge in [0.1, 0.15) is 5.60 Å². The number of anilines is 1. The van der Waals surface area contributed by atoms with Crippen molar-refractivity contribution in [1.82, 2.24) is 10.4 Å². The number of hydrogen-bond donors (Lipinski definition) is 3. The minimum atomic E-state index is -0.593. The zero-order chi connectivity index (χ0) is 15.9. The molecule has 0 spiro atoms. The van der Waals surface area contributed by atoms with E-state index in [1.807, 2.05) is 0 Å². The van der Waals surface area contributed by atoms with Gasteiger partial charge in [-0.05, 0) is 32.9 Å². The molecule has 1 aliphatic rings. The average molecular weight is 300 g/mol. The lowest BCUT2D eigenvalue weighted by atomic mass is 10.1. The fraction of sp³-hybridized carbons (Fsp3) is 0.267. The number of amides is 2. The maximum atomic E-state index is 12.1. The largest absolute Gasteiger partial charge is 0.444 e. The van der Waals surface area contributed by atoms with Gasteiger partial charge in [0.2, 0.25) is 0 Å². The zero-order valence-corrected chi connectivity index (χ0v) is 12.5. The van der Waals surface area contributed by atoms with Gasteiger partial charge >= 0.3 is 6.09 Å². The molecule has 0 unspecified atom stereocenters. The number of carbonyl (C=O) groups is 2. The third-order valence-corrected chi connectivity index (χ3v) is 3.07. The highest BCUT2D eigenvalue weighted by Crippen LogP contribution is 2.27. The fourth-order valence-corrected chi connectivity index (χ4v) is 2.29. The monoisotopic (exact) mass is 300 g/mol. The molecule has 2 amide bonds. The number of hydrazone groups is 1. The van der Waals surface area contributed by atoms with Gasteiger partial charge in [0.25, 0.3) is 5.91 Å². The summed E-state index contributed by atoms with van der Waals surface area (Å²) >= 11 is 0. The van der Waals surface area contributed by atoms with Crippen molar-refractivity contribution in [2.45, 2.75) is 26.4 Å². The van der Waals surface area contributed by atoms with Gasteiger partial charge in [0.05, 0.1) is 11.8 Å². The van der Waals surface area contributed by atoms with Crippen molar-refractivity contribution in [1.29, 1.82) is 0 Å². The number of ether oxygens (including phenoxy) is 1. The van der Waals surface area contributed by atoms with E-state index in [1.54, 1.807) is 45.3 Å². The number of aromatic amines is 1. The molecule has 0 saturated heterocycles. The first-order valence-electron chi connectivity index (χ1n) is 6.82. The minimum Gasteiger partial charge on any atom is -0.444 e. The van der Waals surface area contributed by atoms with Gasteiger partial charge in [0, 0.05) is 28.4 Å². The maximum absolute atomic E-state index is 12.1. The first kappa shape index (κ1) is 14.1. The molecule has 3 rings (SSSR count). The number of hydrogen-bond acceptors (Lipinski definition) is 4. The Bertz CT molecular complexity index is 799. The molecule has 2 heterocycles. The lowest BCUT2D eigenvalue weighted by Crippen LogP contribution is -2.27. The van der Waals surface area contributed by atoms with Gasteiger partial charge in [-0.25, -0.2) is 10.2 Å². The highest BCUT2D eigenvalue weighted by Gasteiger charge is 2.20. The Balaban J connectivity index is 1.98. The summed E-state index contributed by atoms with van der Waals surface area (Å²) < 4.78 is 5.21. The second-order valence-electron chi connectivity index (χ2n) is 6.02. The quantitative estimate of drug-likeness (QED) is 0.755. The number of nitrogens with zero attached hydrogens (tertiary/aromatic N) is 1. The van der Waals surface area contributed by atoms with Gasteiger partial charge in [-0.15, -0.1) is 0 Å². The molecule has 0 bridgehead atoms. The molecule has 22 heavy (non-hydrogen) atoms. The van der Waals surface area contributed by atoms with Crippen molar-refractivity contribution in [2.24, 2.45) is 5.10 Å². The van der Waals surface area contributed by atoms with Crippen molar-refractivity contribution in [2.75, 3.05) is 5.32 Å². The topological polar surface area (TPSA) is 95.6 Å². The first-order chi connectivity index (χ1) is 10.3. The summed E-state index contributed by atoms with van der Waals surface area (Å²) in [6.07, 6.45) is 2.76. The fourth-order valence-electron chi connectivity index (χ4n) is 2.29. The van der Waals surface area contributed by atoms with E-state index >= 15 is 0 Å². The second kappa shape index (κ2) is 4.87. The summed E-state index contributed by atoms with van der Waals surface area (Å²) in [4.78, 5) is 27.0. The molecule has 1 aliphatic heterocycles. The predicted molar refractivity (Wildman–Crippen MR) is 83.2 cm³/mol. The molecule has 114 valence electrons. The van der Waals surface area contributed by atoms with Crippen molar-refractivity contribution in [3.8, 4) is 0 Å². The lowest BCUT2D eigenvalue weighted by Gasteiger charge is -2.19.